The van der Waals surface area contributed by atoms with Crippen molar-refractivity contribution in [3.05, 3.63) is 87.3 Å². The molecule has 0 spiro atoms. The molecule has 2 aliphatic carbocycles. The molecule has 0 fully saturated rings. The molecule has 3 aromatic carbocycles. The van der Waals surface area contributed by atoms with Gasteiger partial charge in [-0.3, -0.25) is 0 Å². The average molecular weight is 685 g/mol. The van der Waals surface area contributed by atoms with E-state index in [0.29, 0.717) is 5.25 Å². The van der Waals surface area contributed by atoms with E-state index < -0.39 is 0 Å². The van der Waals surface area contributed by atoms with E-state index in [0.717, 1.165) is 15.9 Å². The molecule has 1 aliphatic heterocycles. The van der Waals surface area contributed by atoms with Gasteiger partial charge in [-0.15, -0.1) is 11.8 Å². The van der Waals surface area contributed by atoms with Crippen LogP contribution in [0.2, 0.25) is 13.1 Å². The number of allylic oxidation sites excluding steroid dienone is 2. The molecule has 3 aromatic rings. The monoisotopic (exact) mass is 682 g/mol. The summed E-state index contributed by atoms with van der Waals surface area (Å²) in [5, 5.41) is 6.19. The molecule has 0 saturated heterocycles. The summed E-state index contributed by atoms with van der Waals surface area (Å²) in [6.07, 6.45) is 12.3. The fourth-order valence-corrected chi connectivity index (χ4v) is 5.38. The molecule has 0 aromatic heterocycles. The number of rotatable bonds is 0. The summed E-state index contributed by atoms with van der Waals surface area (Å²) < 4.78 is 0. The Hall–Kier alpha value is 0.161. The Balaban J connectivity index is -0.000000228. The second-order valence-electron chi connectivity index (χ2n) is 8.02. The third kappa shape index (κ3) is 10.6. The van der Waals surface area contributed by atoms with E-state index in [1.165, 1.54) is 48.4 Å². The maximum atomic E-state index is 2.34. The van der Waals surface area contributed by atoms with Crippen molar-refractivity contribution >= 4 is 56.4 Å². The van der Waals surface area contributed by atoms with Gasteiger partial charge in [0, 0.05) is 10.1 Å². The van der Waals surface area contributed by atoms with Crippen LogP contribution in [0.3, 0.4) is 0 Å². The number of hydrogen-bond acceptors (Lipinski definition) is 1. The molecule has 37 heavy (non-hydrogen) atoms. The first kappa shape index (κ1) is 44.2. The van der Waals surface area contributed by atoms with Crippen molar-refractivity contribution in [2.75, 3.05) is 0 Å². The minimum absolute atomic E-state index is 0. The first-order chi connectivity index (χ1) is 14.6. The van der Waals surface area contributed by atoms with Gasteiger partial charge in [0.05, 0.1) is 0 Å². The molecule has 6 rings (SSSR count). The summed E-state index contributed by atoms with van der Waals surface area (Å²) >= 11 is 1.97. The van der Waals surface area contributed by atoms with E-state index in [2.05, 4.69) is 106 Å². The van der Waals surface area contributed by atoms with Crippen molar-refractivity contribution in [1.82, 2.24) is 0 Å². The van der Waals surface area contributed by atoms with Crippen LogP contribution in [0.25, 0.3) is 35.1 Å². The maximum absolute atomic E-state index is 2.34. The fourth-order valence-electron chi connectivity index (χ4n) is 4.21. The van der Waals surface area contributed by atoms with Gasteiger partial charge in [-0.25, -0.2) is 0 Å². The average Bonchev–Trinajstić information content (AvgIpc) is 3.45. The third-order valence-electron chi connectivity index (χ3n) is 5.45. The molecule has 1 heterocycles. The van der Waals surface area contributed by atoms with Crippen molar-refractivity contribution in [2.45, 2.75) is 43.5 Å². The van der Waals surface area contributed by atoms with Crippen molar-refractivity contribution in [3.8, 4) is 0 Å². The van der Waals surface area contributed by atoms with Crippen LogP contribution in [-0.4, -0.2) is 14.8 Å². The molecule has 0 amide bonds. The zero-order chi connectivity index (χ0) is 21.1. The molecule has 3 aliphatic rings. The van der Waals surface area contributed by atoms with E-state index >= 15 is 0 Å². The van der Waals surface area contributed by atoms with Crippen LogP contribution in [-0.2, 0) is 28.1 Å². The molecule has 9 heteroatoms. The van der Waals surface area contributed by atoms with Crippen LogP contribution in [0.4, 0.5) is 0 Å². The van der Waals surface area contributed by atoms with Crippen molar-refractivity contribution in [2.24, 2.45) is 0 Å². The Morgan fingerprint density at radius 2 is 1.46 bits per heavy atom. The summed E-state index contributed by atoms with van der Waals surface area (Å²) in [6, 6.07) is 17.5. The molecule has 1 unspecified atom stereocenters. The van der Waals surface area contributed by atoms with Gasteiger partial charge in [-0.05, 0) is 58.2 Å². The van der Waals surface area contributed by atoms with E-state index in [4.69, 9.17) is 0 Å². The molecule has 0 bridgehead atoms. The molecule has 1 atom stereocenters. The minimum atomic E-state index is 0. The zero-order valence-electron chi connectivity index (χ0n) is 21.0. The Labute approximate surface area is 280 Å². The summed E-state index contributed by atoms with van der Waals surface area (Å²) in [5.74, 6) is 0. The molecule has 0 N–H and O–H groups in total. The predicted molar refractivity (Wildman–Crippen MR) is 138 cm³/mol. The van der Waals surface area contributed by atoms with Crippen molar-refractivity contribution in [3.63, 3.8) is 0 Å². The number of fused-ring (bicyclic) bond motifs is 6. The molecular formula is C28H28Cl6SSiTi. The first-order valence-electron chi connectivity index (χ1n) is 10.6. The number of halogens is 6. The second kappa shape index (κ2) is 21.0. The van der Waals surface area contributed by atoms with Crippen LogP contribution >= 0.6 is 11.8 Å². The van der Waals surface area contributed by atoms with Crippen LogP contribution < -0.4 is 84.9 Å². The molecule has 0 nitrogen and oxygen atoms in total. The Morgan fingerprint density at radius 1 is 0.838 bits per heavy atom. The quantitative estimate of drug-likeness (QED) is 0.212. The number of hydrogen-bond donors (Lipinski definition) is 0. The Bertz CT molecular complexity index is 1290. The molecule has 0 radical (unpaired) electrons. The minimum Gasteiger partial charge on any atom is -1.00 e. The van der Waals surface area contributed by atoms with Crippen molar-refractivity contribution in [1.29, 1.82) is 0 Å². The third-order valence-corrected chi connectivity index (χ3v) is 6.65. The van der Waals surface area contributed by atoms with Gasteiger partial charge in [0.25, 0.3) is 0 Å². The van der Waals surface area contributed by atoms with Crippen LogP contribution in [0.15, 0.2) is 65.1 Å². The Morgan fingerprint density at radius 3 is 2.14 bits per heavy atom. The standard InChI is InChI=1S/C14H12.C12H10S.C2H6Si.6ClH.Ti/c1-10-8-12-7-6-11-4-2-3-5-13(11)14(12)9-10;1-8-7-10-6-5-9-3-2-4-11(9)12(10)13-8;1-3-2;;;;;;;/h2-8H,9H2,1H3;2-8H,1H3;1-2H3;6*1H;/q;;+2;;;;;;;+4/p-6. The first-order valence-corrected chi connectivity index (χ1v) is 13.4. The van der Waals surface area contributed by atoms with E-state index in [-0.39, 0.29) is 96.2 Å². The summed E-state index contributed by atoms with van der Waals surface area (Å²) in [4.78, 5) is 1.47. The van der Waals surface area contributed by atoms with Gasteiger partial charge in [-0.1, -0.05) is 84.5 Å². The van der Waals surface area contributed by atoms with E-state index in [9.17, 15) is 0 Å². The smallest absolute Gasteiger partial charge is 1.00 e. The normalized spacial score (nSPS) is 13.4. The van der Waals surface area contributed by atoms with Crippen LogP contribution in [0, 0.1) is 0 Å². The Kier molecular flexibility index (Phi) is 25.1. The van der Waals surface area contributed by atoms with Gasteiger partial charge in [-0.2, -0.15) is 0 Å². The topological polar surface area (TPSA) is 0 Å². The summed E-state index contributed by atoms with van der Waals surface area (Å²) in [7, 11) is 1.08. The van der Waals surface area contributed by atoms with E-state index in [1.807, 2.05) is 11.8 Å². The van der Waals surface area contributed by atoms with E-state index in [1.54, 1.807) is 0 Å². The second-order valence-corrected chi connectivity index (χ2v) is 10.4. The molecule has 196 valence electrons. The number of thioether (sulfide) groups is 1. The van der Waals surface area contributed by atoms with Gasteiger partial charge < -0.3 is 74.4 Å². The van der Waals surface area contributed by atoms with Gasteiger partial charge in [0.2, 0.25) is 13.1 Å². The fraction of sp³-hybridized carbons (Fsp3) is 0.214. The maximum Gasteiger partial charge on any atom is 4.00 e. The molecule has 0 saturated carbocycles. The molecular weight excluding hydrogens is 657 g/mol. The van der Waals surface area contributed by atoms with Crippen molar-refractivity contribution < 1.29 is 96.2 Å². The zero-order valence-corrected chi connectivity index (χ0v) is 28.9. The predicted octanol–water partition coefficient (Wildman–Crippen LogP) is -11.6. The number of benzene rings is 3. The van der Waals surface area contributed by atoms with Crippen LogP contribution in [0.1, 0.15) is 30.5 Å². The van der Waals surface area contributed by atoms with Gasteiger partial charge in [0.1, 0.15) is 0 Å². The van der Waals surface area contributed by atoms with Gasteiger partial charge >= 0.3 is 31.2 Å². The largest absolute Gasteiger partial charge is 4.00 e. The SMILES string of the molecule is CC1=Cc2ccc3ccccc3c2C1.CC1C=c2ccc3c(c2S1)C=CC=3.C[Si+2]C.[Cl-].[Cl-].[Cl-].[Cl-].[Cl-].[Cl-].[Ti+4]. The summed E-state index contributed by atoms with van der Waals surface area (Å²) in [6.45, 7) is 8.76. The van der Waals surface area contributed by atoms with Gasteiger partial charge in [0.15, 0.2) is 0 Å². The summed E-state index contributed by atoms with van der Waals surface area (Å²) in [5.41, 5.74) is 5.79. The van der Waals surface area contributed by atoms with Crippen LogP contribution in [0.5, 0.6) is 0 Å².